The number of ketones is 1. The molecule has 1 aromatic carbocycles. The molecule has 21 heavy (non-hydrogen) atoms. The van der Waals surface area contributed by atoms with Crippen LogP contribution in [0.25, 0.3) is 0 Å². The highest BCUT2D eigenvalue weighted by Gasteiger charge is 2.18. The second-order valence-electron chi connectivity index (χ2n) is 5.26. The summed E-state index contributed by atoms with van der Waals surface area (Å²) in [6, 6.07) is 5.23. The Morgan fingerprint density at radius 2 is 2.00 bits per heavy atom. The second kappa shape index (κ2) is 7.11. The smallest absolute Gasteiger partial charge is 0.258 e. The average Bonchev–Trinajstić information content (AvgIpc) is 2.97. The van der Waals surface area contributed by atoms with Crippen LogP contribution in [-0.2, 0) is 4.79 Å². The molecule has 114 valence electrons. The molecule has 0 aliphatic heterocycles. The fourth-order valence-electron chi connectivity index (χ4n) is 2.52. The molecule has 1 aliphatic rings. The van der Waals surface area contributed by atoms with Crippen LogP contribution in [0.4, 0.5) is 0 Å². The Labute approximate surface area is 124 Å². The molecule has 1 amide bonds. The van der Waals surface area contributed by atoms with Crippen molar-refractivity contribution in [2.75, 3.05) is 13.7 Å². The van der Waals surface area contributed by atoms with Gasteiger partial charge in [0.1, 0.15) is 11.5 Å². The maximum absolute atomic E-state index is 11.9. The lowest BCUT2D eigenvalue weighted by molar-refractivity contribution is -0.123. The van der Waals surface area contributed by atoms with E-state index in [1.807, 2.05) is 0 Å². The van der Waals surface area contributed by atoms with Gasteiger partial charge in [0.05, 0.1) is 12.7 Å². The van der Waals surface area contributed by atoms with Gasteiger partial charge in [-0.1, -0.05) is 12.8 Å². The van der Waals surface area contributed by atoms with Crippen molar-refractivity contribution >= 4 is 11.7 Å². The molecule has 1 aromatic rings. The highest BCUT2D eigenvalue weighted by atomic mass is 16.5. The number of amides is 1. The molecular formula is C16H21NO4. The van der Waals surface area contributed by atoms with Crippen molar-refractivity contribution in [2.24, 2.45) is 0 Å². The zero-order valence-electron chi connectivity index (χ0n) is 12.5. The van der Waals surface area contributed by atoms with Crippen LogP contribution < -0.4 is 14.8 Å². The lowest BCUT2D eigenvalue weighted by Gasteiger charge is -2.14. The summed E-state index contributed by atoms with van der Waals surface area (Å²) in [4.78, 5) is 23.4. The van der Waals surface area contributed by atoms with Gasteiger partial charge in [0.2, 0.25) is 0 Å². The number of hydrogen-bond donors (Lipinski definition) is 1. The summed E-state index contributed by atoms with van der Waals surface area (Å²) in [5.74, 6) is 0.706. The Bertz CT molecular complexity index is 521. The van der Waals surface area contributed by atoms with E-state index in [2.05, 4.69) is 5.32 Å². The van der Waals surface area contributed by atoms with E-state index in [1.54, 1.807) is 25.3 Å². The molecule has 1 aliphatic carbocycles. The van der Waals surface area contributed by atoms with E-state index in [9.17, 15) is 9.59 Å². The molecule has 0 radical (unpaired) electrons. The summed E-state index contributed by atoms with van der Waals surface area (Å²) in [6.07, 6.45) is 4.39. The van der Waals surface area contributed by atoms with Crippen LogP contribution in [0.3, 0.4) is 0 Å². The van der Waals surface area contributed by atoms with Crippen molar-refractivity contribution in [2.45, 2.75) is 38.6 Å². The first kappa shape index (κ1) is 15.4. The molecule has 1 fully saturated rings. The van der Waals surface area contributed by atoms with Crippen LogP contribution in [0, 0.1) is 0 Å². The number of rotatable bonds is 6. The molecule has 2 rings (SSSR count). The van der Waals surface area contributed by atoms with Gasteiger partial charge in [-0.3, -0.25) is 9.59 Å². The Morgan fingerprint density at radius 3 is 2.62 bits per heavy atom. The first-order chi connectivity index (χ1) is 10.1. The van der Waals surface area contributed by atoms with Crippen LogP contribution in [0.1, 0.15) is 43.0 Å². The zero-order valence-corrected chi connectivity index (χ0v) is 12.5. The van der Waals surface area contributed by atoms with Crippen molar-refractivity contribution < 1.29 is 19.1 Å². The summed E-state index contributed by atoms with van der Waals surface area (Å²) in [5, 5.41) is 2.95. The van der Waals surface area contributed by atoms with Crippen molar-refractivity contribution in [1.82, 2.24) is 5.32 Å². The molecular weight excluding hydrogens is 270 g/mol. The first-order valence-electron chi connectivity index (χ1n) is 7.21. The molecule has 5 nitrogen and oxygen atoms in total. The third-order valence-corrected chi connectivity index (χ3v) is 3.65. The van der Waals surface area contributed by atoms with Gasteiger partial charge < -0.3 is 14.8 Å². The molecule has 5 heteroatoms. The minimum atomic E-state index is -0.153. The molecule has 1 saturated carbocycles. The summed E-state index contributed by atoms with van der Waals surface area (Å²) in [7, 11) is 1.54. The lowest BCUT2D eigenvalue weighted by Crippen LogP contribution is -2.36. The fourth-order valence-corrected chi connectivity index (χ4v) is 2.52. The number of nitrogens with one attached hydrogen (secondary N) is 1. The molecule has 0 aromatic heterocycles. The van der Waals surface area contributed by atoms with Gasteiger partial charge in [-0.2, -0.15) is 0 Å². The number of ether oxygens (including phenoxy) is 2. The van der Waals surface area contributed by atoms with Crippen LogP contribution in [0.15, 0.2) is 18.2 Å². The van der Waals surface area contributed by atoms with Gasteiger partial charge in [0, 0.05) is 12.1 Å². The predicted octanol–water partition coefficient (Wildman–Crippen LogP) is 2.34. The molecule has 0 heterocycles. The Balaban J connectivity index is 1.97. The SMILES string of the molecule is COc1ccc(C(C)=O)c(OCC(=O)NC2CCCC2)c1. The predicted molar refractivity (Wildman–Crippen MR) is 78.9 cm³/mol. The van der Waals surface area contributed by atoms with Crippen molar-refractivity contribution in [1.29, 1.82) is 0 Å². The van der Waals surface area contributed by atoms with E-state index < -0.39 is 0 Å². The van der Waals surface area contributed by atoms with Gasteiger partial charge in [-0.05, 0) is 31.9 Å². The zero-order chi connectivity index (χ0) is 15.2. The standard InChI is InChI=1S/C16H21NO4/c1-11(18)14-8-7-13(20-2)9-15(14)21-10-16(19)17-12-5-3-4-6-12/h7-9,12H,3-6,10H2,1-2H3,(H,17,19). The van der Waals surface area contributed by atoms with E-state index in [0.717, 1.165) is 25.7 Å². The van der Waals surface area contributed by atoms with Gasteiger partial charge >= 0.3 is 0 Å². The van der Waals surface area contributed by atoms with E-state index >= 15 is 0 Å². The minimum absolute atomic E-state index is 0.0933. The molecule has 0 unspecified atom stereocenters. The summed E-state index contributed by atoms with van der Waals surface area (Å²) < 4.78 is 10.6. The van der Waals surface area contributed by atoms with Gasteiger partial charge in [-0.25, -0.2) is 0 Å². The number of carbonyl (C=O) groups is 2. The Morgan fingerprint density at radius 1 is 1.29 bits per heavy atom. The van der Waals surface area contributed by atoms with E-state index in [0.29, 0.717) is 17.1 Å². The normalized spacial score (nSPS) is 14.8. The quantitative estimate of drug-likeness (QED) is 0.817. The molecule has 0 saturated heterocycles. The van der Waals surface area contributed by atoms with Crippen molar-refractivity contribution in [3.8, 4) is 11.5 Å². The van der Waals surface area contributed by atoms with Crippen LogP contribution >= 0.6 is 0 Å². The number of carbonyl (C=O) groups excluding carboxylic acids is 2. The maximum atomic E-state index is 11.9. The van der Waals surface area contributed by atoms with Crippen LogP contribution in [0.5, 0.6) is 11.5 Å². The molecule has 0 atom stereocenters. The van der Waals surface area contributed by atoms with E-state index in [1.165, 1.54) is 6.92 Å². The highest BCUT2D eigenvalue weighted by molar-refractivity contribution is 5.97. The summed E-state index contributed by atoms with van der Waals surface area (Å²) in [5.41, 5.74) is 0.449. The largest absolute Gasteiger partial charge is 0.497 e. The number of benzene rings is 1. The van der Waals surface area contributed by atoms with Crippen molar-refractivity contribution in [3.05, 3.63) is 23.8 Å². The first-order valence-corrected chi connectivity index (χ1v) is 7.21. The third-order valence-electron chi connectivity index (χ3n) is 3.65. The number of Topliss-reactive ketones (excluding diaryl/α,β-unsaturated/α-hetero) is 1. The number of methoxy groups -OCH3 is 1. The van der Waals surface area contributed by atoms with Crippen molar-refractivity contribution in [3.63, 3.8) is 0 Å². The van der Waals surface area contributed by atoms with Gasteiger partial charge in [-0.15, -0.1) is 0 Å². The van der Waals surface area contributed by atoms with E-state index in [4.69, 9.17) is 9.47 Å². The lowest BCUT2D eigenvalue weighted by atomic mass is 10.1. The summed E-state index contributed by atoms with van der Waals surface area (Å²) >= 11 is 0. The Kier molecular flexibility index (Phi) is 5.20. The monoisotopic (exact) mass is 291 g/mol. The minimum Gasteiger partial charge on any atom is -0.497 e. The Hall–Kier alpha value is -2.04. The van der Waals surface area contributed by atoms with Crippen LogP contribution in [-0.4, -0.2) is 31.4 Å². The van der Waals surface area contributed by atoms with Gasteiger partial charge in [0.15, 0.2) is 12.4 Å². The molecule has 1 N–H and O–H groups in total. The molecule has 0 bridgehead atoms. The fraction of sp³-hybridized carbons (Fsp3) is 0.500. The number of hydrogen-bond acceptors (Lipinski definition) is 4. The third kappa shape index (κ3) is 4.21. The van der Waals surface area contributed by atoms with Crippen LogP contribution in [0.2, 0.25) is 0 Å². The van der Waals surface area contributed by atoms with Gasteiger partial charge in [0.25, 0.3) is 5.91 Å². The van der Waals surface area contributed by atoms with E-state index in [-0.39, 0.29) is 24.3 Å². The molecule has 0 spiro atoms. The topological polar surface area (TPSA) is 64.6 Å². The highest BCUT2D eigenvalue weighted by Crippen LogP contribution is 2.25. The summed E-state index contributed by atoms with van der Waals surface area (Å²) in [6.45, 7) is 1.37. The average molecular weight is 291 g/mol. The maximum Gasteiger partial charge on any atom is 0.258 e. The second-order valence-corrected chi connectivity index (χ2v) is 5.26.